The monoisotopic (exact) mass is 222 g/mol. The Hall–Kier alpha value is -0.560. The zero-order chi connectivity index (χ0) is 12.0. The molecule has 1 heteroatoms. The summed E-state index contributed by atoms with van der Waals surface area (Å²) < 4.78 is 0. The molecule has 92 valence electrons. The minimum Gasteiger partial charge on any atom is -0.393 e. The zero-order valence-corrected chi connectivity index (χ0v) is 10.8. The van der Waals surface area contributed by atoms with Gasteiger partial charge in [0.15, 0.2) is 0 Å². The predicted molar refractivity (Wildman–Crippen MR) is 70.3 cm³/mol. The Morgan fingerprint density at radius 2 is 2.25 bits per heavy atom. The summed E-state index contributed by atoms with van der Waals surface area (Å²) in [4.78, 5) is 0. The molecule has 0 heterocycles. The molecule has 0 amide bonds. The number of aliphatic hydroxyl groups excluding tert-OH is 1. The fraction of sp³-hybridized carbons (Fsp3) is 0.733. The molecule has 1 aliphatic rings. The lowest BCUT2D eigenvalue weighted by Crippen LogP contribution is -2.22. The van der Waals surface area contributed by atoms with Crippen molar-refractivity contribution in [3.8, 4) is 0 Å². The van der Waals surface area contributed by atoms with E-state index < -0.39 is 0 Å². The Kier molecular flexibility index (Phi) is 5.83. The molecule has 1 aliphatic carbocycles. The average molecular weight is 222 g/mol. The van der Waals surface area contributed by atoms with E-state index in [-0.39, 0.29) is 6.10 Å². The highest BCUT2D eigenvalue weighted by molar-refractivity contribution is 4.99. The third kappa shape index (κ3) is 4.52. The molecule has 16 heavy (non-hydrogen) atoms. The van der Waals surface area contributed by atoms with Crippen LogP contribution in [0, 0.1) is 11.8 Å². The van der Waals surface area contributed by atoms with E-state index in [0.29, 0.717) is 11.8 Å². The normalized spacial score (nSPS) is 36.2. The molecule has 0 aromatic carbocycles. The van der Waals surface area contributed by atoms with Crippen LogP contribution >= 0.6 is 0 Å². The Balaban J connectivity index is 2.63. The van der Waals surface area contributed by atoms with Crippen molar-refractivity contribution in [1.82, 2.24) is 0 Å². The van der Waals surface area contributed by atoms with Crippen molar-refractivity contribution in [2.45, 2.75) is 58.5 Å². The SMILES string of the molecule is C=CCC1CC/C(C)=C/CCC(C)C(O)C1. The number of hydrogen-bond acceptors (Lipinski definition) is 1. The molecule has 3 atom stereocenters. The second-order valence-corrected chi connectivity index (χ2v) is 5.34. The topological polar surface area (TPSA) is 20.2 Å². The van der Waals surface area contributed by atoms with Gasteiger partial charge in [0.25, 0.3) is 0 Å². The van der Waals surface area contributed by atoms with Gasteiger partial charge >= 0.3 is 0 Å². The number of hydrogen-bond donors (Lipinski definition) is 1. The van der Waals surface area contributed by atoms with E-state index in [9.17, 15) is 5.11 Å². The molecule has 1 nitrogen and oxygen atoms in total. The Bertz CT molecular complexity index is 242. The quantitative estimate of drug-likeness (QED) is 0.698. The molecule has 0 saturated heterocycles. The van der Waals surface area contributed by atoms with Crippen molar-refractivity contribution in [3.05, 3.63) is 24.3 Å². The standard InChI is InChI=1S/C15H26O/c1-4-6-14-10-9-12(2)7-5-8-13(3)15(16)11-14/h4,7,13-16H,1,5-6,8-11H2,2-3H3/b12-7+. The third-order valence-electron chi connectivity index (χ3n) is 3.79. The van der Waals surface area contributed by atoms with Crippen LogP contribution in [-0.4, -0.2) is 11.2 Å². The first-order chi connectivity index (χ1) is 7.63. The highest BCUT2D eigenvalue weighted by Crippen LogP contribution is 2.27. The van der Waals surface area contributed by atoms with Crippen LogP contribution in [0.4, 0.5) is 0 Å². The van der Waals surface area contributed by atoms with Gasteiger partial charge < -0.3 is 5.11 Å². The highest BCUT2D eigenvalue weighted by atomic mass is 16.3. The Morgan fingerprint density at radius 1 is 1.50 bits per heavy atom. The summed E-state index contributed by atoms with van der Waals surface area (Å²) in [7, 11) is 0. The molecule has 1 rings (SSSR count). The smallest absolute Gasteiger partial charge is 0.0568 e. The Labute approximate surface area is 100 Å². The van der Waals surface area contributed by atoms with Crippen LogP contribution in [0.5, 0.6) is 0 Å². The largest absolute Gasteiger partial charge is 0.393 e. The second-order valence-electron chi connectivity index (χ2n) is 5.34. The molecule has 0 saturated carbocycles. The molecule has 0 aromatic rings. The molecule has 0 radical (unpaired) electrons. The summed E-state index contributed by atoms with van der Waals surface area (Å²) >= 11 is 0. The van der Waals surface area contributed by atoms with Gasteiger partial charge in [-0.1, -0.05) is 24.6 Å². The zero-order valence-electron chi connectivity index (χ0n) is 10.8. The van der Waals surface area contributed by atoms with E-state index in [2.05, 4.69) is 26.5 Å². The number of rotatable bonds is 2. The molecule has 0 fully saturated rings. The van der Waals surface area contributed by atoms with E-state index in [1.165, 1.54) is 18.4 Å². The lowest BCUT2D eigenvalue weighted by atomic mass is 9.85. The summed E-state index contributed by atoms with van der Waals surface area (Å²) in [6.07, 6.45) is 10.8. The minimum absolute atomic E-state index is 0.128. The van der Waals surface area contributed by atoms with Crippen molar-refractivity contribution in [3.63, 3.8) is 0 Å². The van der Waals surface area contributed by atoms with E-state index in [1.54, 1.807) is 0 Å². The molecule has 0 aromatic heterocycles. The van der Waals surface area contributed by atoms with E-state index >= 15 is 0 Å². The number of allylic oxidation sites excluding steroid dienone is 3. The maximum Gasteiger partial charge on any atom is 0.0568 e. The average Bonchev–Trinajstić information content (AvgIpc) is 2.25. The summed E-state index contributed by atoms with van der Waals surface area (Å²) in [6, 6.07) is 0. The molecule has 0 bridgehead atoms. The molecule has 1 N–H and O–H groups in total. The van der Waals surface area contributed by atoms with E-state index in [1.807, 2.05) is 6.08 Å². The predicted octanol–water partition coefficient (Wildman–Crippen LogP) is 4.09. The van der Waals surface area contributed by atoms with Gasteiger partial charge in [0.05, 0.1) is 6.10 Å². The highest BCUT2D eigenvalue weighted by Gasteiger charge is 2.19. The van der Waals surface area contributed by atoms with Crippen molar-refractivity contribution < 1.29 is 5.11 Å². The summed E-state index contributed by atoms with van der Waals surface area (Å²) in [5.41, 5.74) is 1.51. The first-order valence-electron chi connectivity index (χ1n) is 6.58. The maximum atomic E-state index is 10.1. The van der Waals surface area contributed by atoms with Crippen LogP contribution in [0.1, 0.15) is 52.4 Å². The molecule has 3 unspecified atom stereocenters. The van der Waals surface area contributed by atoms with Gasteiger partial charge in [-0.15, -0.1) is 6.58 Å². The fourth-order valence-corrected chi connectivity index (χ4v) is 2.46. The van der Waals surface area contributed by atoms with Gasteiger partial charge in [-0.2, -0.15) is 0 Å². The lowest BCUT2D eigenvalue weighted by Gasteiger charge is -2.25. The molecule has 0 aliphatic heterocycles. The number of aliphatic hydroxyl groups is 1. The molecular weight excluding hydrogens is 196 g/mol. The molecular formula is C15H26O. The van der Waals surface area contributed by atoms with Gasteiger partial charge in [-0.05, 0) is 57.3 Å². The van der Waals surface area contributed by atoms with Crippen molar-refractivity contribution in [2.75, 3.05) is 0 Å². The van der Waals surface area contributed by atoms with E-state index in [4.69, 9.17) is 0 Å². The van der Waals surface area contributed by atoms with Crippen LogP contribution in [0.15, 0.2) is 24.3 Å². The molecule has 0 spiro atoms. The van der Waals surface area contributed by atoms with Gasteiger partial charge in [0.1, 0.15) is 0 Å². The van der Waals surface area contributed by atoms with Gasteiger partial charge in [-0.25, -0.2) is 0 Å². The van der Waals surface area contributed by atoms with Gasteiger partial charge in [-0.3, -0.25) is 0 Å². The van der Waals surface area contributed by atoms with Crippen LogP contribution in [0.25, 0.3) is 0 Å². The van der Waals surface area contributed by atoms with Crippen LogP contribution in [-0.2, 0) is 0 Å². The third-order valence-corrected chi connectivity index (χ3v) is 3.79. The summed E-state index contributed by atoms with van der Waals surface area (Å²) in [5.74, 6) is 1.03. The summed E-state index contributed by atoms with van der Waals surface area (Å²) in [6.45, 7) is 8.21. The summed E-state index contributed by atoms with van der Waals surface area (Å²) in [5, 5.41) is 10.1. The minimum atomic E-state index is -0.128. The fourth-order valence-electron chi connectivity index (χ4n) is 2.46. The van der Waals surface area contributed by atoms with Crippen molar-refractivity contribution >= 4 is 0 Å². The van der Waals surface area contributed by atoms with E-state index in [0.717, 1.165) is 25.7 Å². The van der Waals surface area contributed by atoms with Crippen molar-refractivity contribution in [1.29, 1.82) is 0 Å². The lowest BCUT2D eigenvalue weighted by molar-refractivity contribution is 0.0838. The first kappa shape index (κ1) is 13.5. The van der Waals surface area contributed by atoms with Crippen LogP contribution < -0.4 is 0 Å². The van der Waals surface area contributed by atoms with Crippen LogP contribution in [0.2, 0.25) is 0 Å². The van der Waals surface area contributed by atoms with Gasteiger partial charge in [0.2, 0.25) is 0 Å². The second kappa shape index (κ2) is 6.90. The maximum absolute atomic E-state index is 10.1. The van der Waals surface area contributed by atoms with Crippen molar-refractivity contribution in [2.24, 2.45) is 11.8 Å². The van der Waals surface area contributed by atoms with Crippen LogP contribution in [0.3, 0.4) is 0 Å². The van der Waals surface area contributed by atoms with Gasteiger partial charge in [0, 0.05) is 0 Å². The Morgan fingerprint density at radius 3 is 2.94 bits per heavy atom. The first-order valence-corrected chi connectivity index (χ1v) is 6.58.